The van der Waals surface area contributed by atoms with Gasteiger partial charge in [0, 0.05) is 18.6 Å². The van der Waals surface area contributed by atoms with Gasteiger partial charge in [0.2, 0.25) is 0 Å². The van der Waals surface area contributed by atoms with Crippen LogP contribution < -0.4 is 5.32 Å². The minimum absolute atomic E-state index is 0.332. The highest BCUT2D eigenvalue weighted by atomic mass is 15.0. The molecule has 0 bridgehead atoms. The predicted octanol–water partition coefficient (Wildman–Crippen LogP) is 2.04. The van der Waals surface area contributed by atoms with Gasteiger partial charge in [-0.05, 0) is 37.0 Å². The van der Waals surface area contributed by atoms with Crippen LogP contribution >= 0.6 is 0 Å². The van der Waals surface area contributed by atoms with Gasteiger partial charge in [0.25, 0.3) is 0 Å². The summed E-state index contributed by atoms with van der Waals surface area (Å²) in [5.74, 6) is 0.834. The van der Waals surface area contributed by atoms with E-state index in [1.807, 2.05) is 18.3 Å². The number of nitrogens with one attached hydrogen (secondary N) is 1. The molecule has 0 aromatic carbocycles. The van der Waals surface area contributed by atoms with Crippen LogP contribution in [0.15, 0.2) is 36.8 Å². The largest absolute Gasteiger partial charge is 0.302 e. The van der Waals surface area contributed by atoms with Crippen molar-refractivity contribution in [3.63, 3.8) is 0 Å². The number of hydrogen-bond acceptors (Lipinski definition) is 4. The molecule has 1 unspecified atom stereocenters. The Labute approximate surface area is 107 Å². The van der Waals surface area contributed by atoms with E-state index in [-0.39, 0.29) is 0 Å². The number of hydrogen-bond donors (Lipinski definition) is 1. The lowest BCUT2D eigenvalue weighted by Gasteiger charge is -2.24. The highest BCUT2D eigenvalue weighted by molar-refractivity contribution is 5.25. The lowest BCUT2D eigenvalue weighted by atomic mass is 9.92. The van der Waals surface area contributed by atoms with Crippen LogP contribution in [0.2, 0.25) is 0 Å². The van der Waals surface area contributed by atoms with Crippen molar-refractivity contribution in [3.05, 3.63) is 53.9 Å². The maximum absolute atomic E-state index is 4.51. The summed E-state index contributed by atoms with van der Waals surface area (Å²) in [6, 6.07) is 6.36. The fourth-order valence-corrected chi connectivity index (χ4v) is 2.44. The third-order valence-electron chi connectivity index (χ3n) is 3.32. The van der Waals surface area contributed by atoms with E-state index in [9.17, 15) is 0 Å². The summed E-state index contributed by atoms with van der Waals surface area (Å²) < 4.78 is 0. The molecule has 2 aromatic rings. The SMILES string of the molecule is c1cnc(CNC2CCCc3cccnc32)nc1. The van der Waals surface area contributed by atoms with Crippen LogP contribution in [0.5, 0.6) is 0 Å². The van der Waals surface area contributed by atoms with E-state index in [0.29, 0.717) is 12.6 Å². The summed E-state index contributed by atoms with van der Waals surface area (Å²) in [4.78, 5) is 13.0. The van der Waals surface area contributed by atoms with E-state index >= 15 is 0 Å². The molecule has 4 heteroatoms. The van der Waals surface area contributed by atoms with Gasteiger partial charge in [-0.1, -0.05) is 6.07 Å². The minimum atomic E-state index is 0.332. The molecule has 92 valence electrons. The smallest absolute Gasteiger partial charge is 0.141 e. The third kappa shape index (κ3) is 2.38. The summed E-state index contributed by atoms with van der Waals surface area (Å²) in [7, 11) is 0. The van der Waals surface area contributed by atoms with Gasteiger partial charge < -0.3 is 5.32 Å². The van der Waals surface area contributed by atoms with Crippen molar-refractivity contribution in [1.82, 2.24) is 20.3 Å². The second-order valence-electron chi connectivity index (χ2n) is 4.54. The highest BCUT2D eigenvalue weighted by Gasteiger charge is 2.20. The maximum atomic E-state index is 4.51. The van der Waals surface area contributed by atoms with E-state index in [2.05, 4.69) is 26.3 Å². The molecule has 2 heterocycles. The molecule has 0 radical (unpaired) electrons. The van der Waals surface area contributed by atoms with Crippen LogP contribution in [0.3, 0.4) is 0 Å². The van der Waals surface area contributed by atoms with Crippen molar-refractivity contribution in [2.24, 2.45) is 0 Å². The van der Waals surface area contributed by atoms with Gasteiger partial charge in [-0.25, -0.2) is 9.97 Å². The van der Waals surface area contributed by atoms with Gasteiger partial charge >= 0.3 is 0 Å². The van der Waals surface area contributed by atoms with Crippen LogP contribution in [0, 0.1) is 0 Å². The Morgan fingerprint density at radius 2 is 1.94 bits per heavy atom. The van der Waals surface area contributed by atoms with Crippen LogP contribution in [-0.2, 0) is 13.0 Å². The van der Waals surface area contributed by atoms with Crippen molar-refractivity contribution < 1.29 is 0 Å². The molecule has 1 aliphatic rings. The highest BCUT2D eigenvalue weighted by Crippen LogP contribution is 2.27. The van der Waals surface area contributed by atoms with E-state index in [0.717, 1.165) is 18.7 Å². The Morgan fingerprint density at radius 3 is 2.83 bits per heavy atom. The van der Waals surface area contributed by atoms with Gasteiger partial charge in [-0.15, -0.1) is 0 Å². The van der Waals surface area contributed by atoms with Crippen molar-refractivity contribution in [1.29, 1.82) is 0 Å². The van der Waals surface area contributed by atoms with Gasteiger partial charge in [-0.2, -0.15) is 0 Å². The zero-order valence-electron chi connectivity index (χ0n) is 10.2. The van der Waals surface area contributed by atoms with Crippen molar-refractivity contribution >= 4 is 0 Å². The molecule has 0 fully saturated rings. The quantitative estimate of drug-likeness (QED) is 0.892. The molecule has 1 atom stereocenters. The topological polar surface area (TPSA) is 50.7 Å². The average Bonchev–Trinajstić information content (AvgIpc) is 2.46. The zero-order valence-corrected chi connectivity index (χ0v) is 10.2. The van der Waals surface area contributed by atoms with E-state index in [4.69, 9.17) is 0 Å². The summed E-state index contributed by atoms with van der Waals surface area (Å²) in [5.41, 5.74) is 2.56. The summed E-state index contributed by atoms with van der Waals surface area (Å²) in [6.07, 6.45) is 8.91. The lowest BCUT2D eigenvalue weighted by molar-refractivity contribution is 0.442. The van der Waals surface area contributed by atoms with Crippen molar-refractivity contribution in [3.8, 4) is 0 Å². The normalized spacial score (nSPS) is 18.3. The molecule has 1 aliphatic carbocycles. The molecule has 0 saturated carbocycles. The summed E-state index contributed by atoms with van der Waals surface area (Å²) >= 11 is 0. The molecule has 4 nitrogen and oxygen atoms in total. The molecular weight excluding hydrogens is 224 g/mol. The van der Waals surface area contributed by atoms with Crippen LogP contribution in [-0.4, -0.2) is 15.0 Å². The lowest BCUT2D eigenvalue weighted by Crippen LogP contribution is -2.26. The van der Waals surface area contributed by atoms with Crippen LogP contribution in [0.25, 0.3) is 0 Å². The number of aromatic nitrogens is 3. The Kier molecular flexibility index (Phi) is 3.28. The molecule has 0 spiro atoms. The van der Waals surface area contributed by atoms with Crippen LogP contribution in [0.1, 0.15) is 36.0 Å². The van der Waals surface area contributed by atoms with Gasteiger partial charge in [-0.3, -0.25) is 4.98 Å². The minimum Gasteiger partial charge on any atom is -0.302 e. The Hall–Kier alpha value is -1.81. The average molecular weight is 240 g/mol. The fraction of sp³-hybridized carbons (Fsp3) is 0.357. The third-order valence-corrected chi connectivity index (χ3v) is 3.32. The zero-order chi connectivity index (χ0) is 12.2. The number of nitrogens with zero attached hydrogens (tertiary/aromatic N) is 3. The first kappa shape index (κ1) is 11.3. The van der Waals surface area contributed by atoms with E-state index in [1.54, 1.807) is 12.4 Å². The molecule has 18 heavy (non-hydrogen) atoms. The number of pyridine rings is 1. The Bertz CT molecular complexity index is 512. The van der Waals surface area contributed by atoms with Crippen molar-refractivity contribution in [2.75, 3.05) is 0 Å². The van der Waals surface area contributed by atoms with Gasteiger partial charge in [0.05, 0.1) is 18.3 Å². The molecule has 0 amide bonds. The van der Waals surface area contributed by atoms with Gasteiger partial charge in [0.15, 0.2) is 0 Å². The first-order valence-electron chi connectivity index (χ1n) is 6.36. The molecule has 2 aromatic heterocycles. The molecule has 3 rings (SSSR count). The molecule has 0 aliphatic heterocycles. The van der Waals surface area contributed by atoms with E-state index < -0.39 is 0 Å². The van der Waals surface area contributed by atoms with E-state index in [1.165, 1.54) is 17.7 Å². The van der Waals surface area contributed by atoms with Crippen molar-refractivity contribution in [2.45, 2.75) is 31.8 Å². The number of rotatable bonds is 3. The summed E-state index contributed by atoms with van der Waals surface area (Å²) in [6.45, 7) is 0.696. The summed E-state index contributed by atoms with van der Waals surface area (Å²) in [5, 5.41) is 3.51. The monoisotopic (exact) mass is 240 g/mol. The van der Waals surface area contributed by atoms with Gasteiger partial charge in [0.1, 0.15) is 5.82 Å². The van der Waals surface area contributed by atoms with Crippen LogP contribution in [0.4, 0.5) is 0 Å². The molecule has 1 N–H and O–H groups in total. The number of fused-ring (bicyclic) bond motifs is 1. The Morgan fingerprint density at radius 1 is 1.11 bits per heavy atom. The standard InChI is InChI=1S/C14H16N4/c1-4-11-5-2-7-17-14(11)12(6-1)18-10-13-15-8-3-9-16-13/h2-3,5,7-9,12,18H,1,4,6,10H2. The first-order valence-corrected chi connectivity index (χ1v) is 6.36. The molecular formula is C14H16N4. The second kappa shape index (κ2) is 5.23. The first-order chi connectivity index (χ1) is 8.93. The molecule has 0 saturated heterocycles. The predicted molar refractivity (Wildman–Crippen MR) is 68.8 cm³/mol. The number of aryl methyl sites for hydroxylation is 1. The fourth-order valence-electron chi connectivity index (χ4n) is 2.44. The maximum Gasteiger partial charge on any atom is 0.141 e. The Balaban J connectivity index is 1.71. The second-order valence-corrected chi connectivity index (χ2v) is 4.54.